The van der Waals surface area contributed by atoms with Crippen molar-refractivity contribution >= 4 is 23.6 Å². The summed E-state index contributed by atoms with van der Waals surface area (Å²) in [5, 5.41) is 0. The highest BCUT2D eigenvalue weighted by molar-refractivity contribution is 6.10. The van der Waals surface area contributed by atoms with Gasteiger partial charge < -0.3 is 14.4 Å². The number of hydrogen-bond acceptors (Lipinski definition) is 7. The number of ether oxygens (including phenoxy) is 2. The largest absolute Gasteiger partial charge is 0.497 e. The molecule has 2 atom stereocenters. The maximum atomic E-state index is 13.3. The van der Waals surface area contributed by atoms with Crippen LogP contribution >= 0.6 is 0 Å². The number of fused-ring (bicyclic) bond motifs is 3. The second kappa shape index (κ2) is 7.64. The maximum absolute atomic E-state index is 13.3. The van der Waals surface area contributed by atoms with E-state index in [1.807, 2.05) is 54.8 Å². The van der Waals surface area contributed by atoms with Gasteiger partial charge in [-0.25, -0.2) is 9.79 Å². The first-order chi connectivity index (χ1) is 14.4. The monoisotopic (exact) mass is 413 g/mol. The Morgan fingerprint density at radius 1 is 1.17 bits per heavy atom. The van der Waals surface area contributed by atoms with Crippen molar-refractivity contribution in [2.45, 2.75) is 33.0 Å². The highest BCUT2D eigenvalue weighted by atomic mass is 16.5. The van der Waals surface area contributed by atoms with Gasteiger partial charge in [0.15, 0.2) is 12.2 Å². The smallest absolute Gasteiger partial charge is 0.328 e. The molecular formula is C21H27N5O4. The highest BCUT2D eigenvalue weighted by Crippen LogP contribution is 2.40. The second-order valence-electron chi connectivity index (χ2n) is 7.45. The lowest BCUT2D eigenvalue weighted by atomic mass is 10.1. The lowest BCUT2D eigenvalue weighted by Crippen LogP contribution is -2.65. The van der Waals surface area contributed by atoms with Crippen LogP contribution in [0.2, 0.25) is 0 Å². The SMILES string of the molecule is CCOCCN1C(=O)C2C(N=C3N(c4cccc(OC)c4)C(C)=C(C)N32)N(C)C1=O. The van der Waals surface area contributed by atoms with Gasteiger partial charge in [0.1, 0.15) is 5.75 Å². The van der Waals surface area contributed by atoms with E-state index in [1.165, 1.54) is 9.80 Å². The molecule has 0 N–H and O–H groups in total. The number of carbonyl (C=O) groups is 2. The van der Waals surface area contributed by atoms with Gasteiger partial charge >= 0.3 is 6.03 Å². The lowest BCUT2D eigenvalue weighted by Gasteiger charge is -2.40. The third-order valence-electron chi connectivity index (χ3n) is 5.87. The van der Waals surface area contributed by atoms with Crippen molar-refractivity contribution in [3.05, 3.63) is 35.7 Å². The quantitative estimate of drug-likeness (QED) is 0.665. The van der Waals surface area contributed by atoms with E-state index < -0.39 is 12.2 Å². The Hall–Kier alpha value is -3.07. The molecule has 0 saturated carbocycles. The molecule has 1 aromatic rings. The number of likely N-dealkylation sites (N-methyl/N-ethyl adjacent to an activating group) is 1. The van der Waals surface area contributed by atoms with Crippen molar-refractivity contribution in [2.75, 3.05) is 38.8 Å². The molecule has 0 aromatic heterocycles. The zero-order chi connectivity index (χ0) is 21.6. The molecule has 0 aliphatic carbocycles. The number of nitrogens with zero attached hydrogens (tertiary/aromatic N) is 5. The molecule has 160 valence electrons. The summed E-state index contributed by atoms with van der Waals surface area (Å²) < 4.78 is 10.7. The molecule has 30 heavy (non-hydrogen) atoms. The van der Waals surface area contributed by atoms with Crippen molar-refractivity contribution in [3.8, 4) is 5.75 Å². The van der Waals surface area contributed by atoms with Crippen LogP contribution in [0.1, 0.15) is 20.8 Å². The van der Waals surface area contributed by atoms with Gasteiger partial charge in [-0.2, -0.15) is 0 Å². The summed E-state index contributed by atoms with van der Waals surface area (Å²) >= 11 is 0. The standard InChI is InChI=1S/C21H27N5O4/c1-6-30-11-10-24-19(27)17-18(23(4)21(24)28)22-20-25(13(2)14(3)26(17)20)15-8-7-9-16(12-15)29-5/h7-9,12,17-18H,6,10-11H2,1-5H3. The van der Waals surface area contributed by atoms with Gasteiger partial charge in [-0.1, -0.05) is 6.07 Å². The number of guanidine groups is 1. The van der Waals surface area contributed by atoms with E-state index in [0.717, 1.165) is 22.8 Å². The predicted molar refractivity (Wildman–Crippen MR) is 112 cm³/mol. The normalized spacial score (nSPS) is 23.3. The van der Waals surface area contributed by atoms with Crippen LogP contribution in [0.3, 0.4) is 0 Å². The van der Waals surface area contributed by atoms with E-state index in [-0.39, 0.29) is 18.5 Å². The van der Waals surface area contributed by atoms with E-state index in [0.29, 0.717) is 19.2 Å². The van der Waals surface area contributed by atoms with Crippen molar-refractivity contribution in [3.63, 3.8) is 0 Å². The van der Waals surface area contributed by atoms with Crippen LogP contribution in [0.15, 0.2) is 40.7 Å². The van der Waals surface area contributed by atoms with Gasteiger partial charge in [0.05, 0.1) is 25.9 Å². The number of hydrogen-bond donors (Lipinski definition) is 0. The Bertz CT molecular complexity index is 943. The van der Waals surface area contributed by atoms with Gasteiger partial charge in [0, 0.05) is 31.1 Å². The van der Waals surface area contributed by atoms with E-state index in [2.05, 4.69) is 0 Å². The molecule has 9 nitrogen and oxygen atoms in total. The molecule has 0 bridgehead atoms. The number of carbonyl (C=O) groups excluding carboxylic acids is 2. The van der Waals surface area contributed by atoms with Crippen LogP contribution < -0.4 is 9.64 Å². The summed E-state index contributed by atoms with van der Waals surface area (Å²) in [7, 11) is 3.31. The van der Waals surface area contributed by atoms with Crippen LogP contribution in [-0.2, 0) is 9.53 Å². The summed E-state index contributed by atoms with van der Waals surface area (Å²) in [6.45, 7) is 6.93. The number of amides is 3. The first-order valence-electron chi connectivity index (χ1n) is 10.0. The zero-order valence-electron chi connectivity index (χ0n) is 18.0. The minimum absolute atomic E-state index is 0.226. The van der Waals surface area contributed by atoms with Crippen LogP contribution in [0.5, 0.6) is 5.75 Å². The Balaban J connectivity index is 1.70. The molecular weight excluding hydrogens is 386 g/mol. The Morgan fingerprint density at radius 2 is 1.93 bits per heavy atom. The fourth-order valence-electron chi connectivity index (χ4n) is 4.18. The lowest BCUT2D eigenvalue weighted by molar-refractivity contribution is -0.137. The van der Waals surface area contributed by atoms with E-state index in [4.69, 9.17) is 14.5 Å². The molecule has 3 amide bonds. The third kappa shape index (κ3) is 2.92. The number of benzene rings is 1. The molecule has 3 aliphatic heterocycles. The number of urea groups is 1. The van der Waals surface area contributed by atoms with Crippen molar-refractivity contribution < 1.29 is 19.1 Å². The van der Waals surface area contributed by atoms with Crippen LogP contribution in [0.25, 0.3) is 0 Å². The van der Waals surface area contributed by atoms with Crippen LogP contribution in [0, 0.1) is 0 Å². The van der Waals surface area contributed by atoms with E-state index in [9.17, 15) is 9.59 Å². The summed E-state index contributed by atoms with van der Waals surface area (Å²) in [6.07, 6.45) is -0.570. The number of rotatable bonds is 6. The van der Waals surface area contributed by atoms with Crippen molar-refractivity contribution in [1.82, 2.24) is 14.7 Å². The van der Waals surface area contributed by atoms with Gasteiger partial charge in [0.2, 0.25) is 5.96 Å². The summed E-state index contributed by atoms with van der Waals surface area (Å²) in [5.74, 6) is 1.13. The molecule has 9 heteroatoms. The predicted octanol–water partition coefficient (Wildman–Crippen LogP) is 2.06. The van der Waals surface area contributed by atoms with Gasteiger partial charge in [-0.05, 0) is 32.9 Å². The fraction of sp³-hybridized carbons (Fsp3) is 0.476. The summed E-state index contributed by atoms with van der Waals surface area (Å²) in [5.41, 5.74) is 2.80. The molecule has 4 rings (SSSR count). The molecule has 0 radical (unpaired) electrons. The molecule has 2 unspecified atom stereocenters. The average molecular weight is 413 g/mol. The van der Waals surface area contributed by atoms with Crippen molar-refractivity contribution in [2.24, 2.45) is 4.99 Å². The Morgan fingerprint density at radius 3 is 2.63 bits per heavy atom. The zero-order valence-corrected chi connectivity index (χ0v) is 18.0. The van der Waals surface area contributed by atoms with Gasteiger partial charge in [-0.15, -0.1) is 0 Å². The van der Waals surface area contributed by atoms with Crippen LogP contribution in [-0.4, -0.2) is 78.7 Å². The van der Waals surface area contributed by atoms with E-state index in [1.54, 1.807) is 14.2 Å². The Kier molecular flexibility index (Phi) is 5.15. The number of allylic oxidation sites excluding steroid dienone is 2. The highest BCUT2D eigenvalue weighted by Gasteiger charge is 2.55. The molecule has 1 aromatic carbocycles. The van der Waals surface area contributed by atoms with Gasteiger partial charge in [-0.3, -0.25) is 19.5 Å². The van der Waals surface area contributed by atoms with Gasteiger partial charge in [0.25, 0.3) is 5.91 Å². The number of methoxy groups -OCH3 is 1. The number of imide groups is 1. The maximum Gasteiger partial charge on any atom is 0.328 e. The second-order valence-corrected chi connectivity index (χ2v) is 7.45. The first kappa shape index (κ1) is 20.2. The van der Waals surface area contributed by atoms with Crippen molar-refractivity contribution in [1.29, 1.82) is 0 Å². The topological polar surface area (TPSA) is 77.9 Å². The number of anilines is 1. The molecule has 3 aliphatic rings. The Labute approximate surface area is 176 Å². The first-order valence-corrected chi connectivity index (χ1v) is 10.0. The minimum atomic E-state index is -0.588. The average Bonchev–Trinajstić information content (AvgIpc) is 3.24. The molecule has 3 heterocycles. The molecule has 1 fully saturated rings. The summed E-state index contributed by atoms with van der Waals surface area (Å²) in [6, 6.07) is 6.76. The third-order valence-corrected chi connectivity index (χ3v) is 5.87. The molecule has 1 saturated heterocycles. The fourth-order valence-corrected chi connectivity index (χ4v) is 4.18. The van der Waals surface area contributed by atoms with Crippen LogP contribution in [0.4, 0.5) is 10.5 Å². The van der Waals surface area contributed by atoms with E-state index >= 15 is 0 Å². The number of aliphatic imine (C=N–C) groups is 1. The minimum Gasteiger partial charge on any atom is -0.497 e. The molecule has 0 spiro atoms. The summed E-state index contributed by atoms with van der Waals surface area (Å²) in [4.78, 5) is 37.7.